The minimum Gasteiger partial charge on any atom is -0.497 e. The van der Waals surface area contributed by atoms with Crippen molar-refractivity contribution < 1.29 is 9.13 Å². The second-order valence-electron chi connectivity index (χ2n) is 5.84. The summed E-state index contributed by atoms with van der Waals surface area (Å²) in [7, 11) is 3.33. The van der Waals surface area contributed by atoms with E-state index in [0.717, 1.165) is 10.6 Å². The van der Waals surface area contributed by atoms with Crippen molar-refractivity contribution in [1.29, 1.82) is 0 Å². The molecule has 114 valence electrons. The van der Waals surface area contributed by atoms with E-state index in [1.807, 2.05) is 0 Å². The first kappa shape index (κ1) is 15.9. The highest BCUT2D eigenvalue weighted by Gasteiger charge is 2.28. The molecule has 4 nitrogen and oxygen atoms in total. The average molecular weight is 309 g/mol. The van der Waals surface area contributed by atoms with Crippen molar-refractivity contribution in [2.75, 3.05) is 14.2 Å². The van der Waals surface area contributed by atoms with Crippen LogP contribution in [0.4, 0.5) is 4.39 Å². The summed E-state index contributed by atoms with van der Waals surface area (Å²) in [4.78, 5) is 0.939. The number of benzene rings is 1. The lowest BCUT2D eigenvalue weighted by molar-refractivity contribution is 0.410. The lowest BCUT2D eigenvalue weighted by Crippen LogP contribution is -2.23. The number of hydrogen-bond donors (Lipinski definition) is 1. The largest absolute Gasteiger partial charge is 0.497 e. The fourth-order valence-corrected chi connectivity index (χ4v) is 3.20. The highest BCUT2D eigenvalue weighted by Crippen LogP contribution is 2.35. The van der Waals surface area contributed by atoms with Gasteiger partial charge < -0.3 is 10.1 Å². The molecule has 0 aliphatic rings. The Hall–Kier alpha value is -1.53. The standard InChI is InChI=1S/C15H20FN3OS/c1-15(2,3)14-13(21-19-18-14)12(17-4)10-7-6-9(20-5)8-11(10)16/h6-8,12,17H,1-5H3. The van der Waals surface area contributed by atoms with Crippen LogP contribution in [0, 0.1) is 5.82 Å². The minimum absolute atomic E-state index is 0.139. The molecule has 0 saturated carbocycles. The van der Waals surface area contributed by atoms with Gasteiger partial charge in [0.2, 0.25) is 0 Å². The van der Waals surface area contributed by atoms with E-state index in [1.165, 1.54) is 24.7 Å². The van der Waals surface area contributed by atoms with Gasteiger partial charge >= 0.3 is 0 Å². The van der Waals surface area contributed by atoms with Crippen molar-refractivity contribution in [3.05, 3.63) is 40.2 Å². The SMILES string of the molecule is CNC(c1ccc(OC)cc1F)c1snnc1C(C)(C)C. The maximum Gasteiger partial charge on any atom is 0.132 e. The summed E-state index contributed by atoms with van der Waals surface area (Å²) in [6, 6.07) is 4.62. The molecule has 1 N–H and O–H groups in total. The summed E-state index contributed by atoms with van der Waals surface area (Å²) < 4.78 is 23.4. The van der Waals surface area contributed by atoms with Gasteiger partial charge in [0.15, 0.2) is 0 Å². The summed E-state index contributed by atoms with van der Waals surface area (Å²) in [6.45, 7) is 6.22. The summed E-state index contributed by atoms with van der Waals surface area (Å²) >= 11 is 1.30. The Morgan fingerprint density at radius 2 is 2.05 bits per heavy atom. The van der Waals surface area contributed by atoms with E-state index in [9.17, 15) is 4.39 Å². The van der Waals surface area contributed by atoms with Crippen molar-refractivity contribution in [3.63, 3.8) is 0 Å². The van der Waals surface area contributed by atoms with Gasteiger partial charge in [-0.15, -0.1) is 5.10 Å². The van der Waals surface area contributed by atoms with Crippen LogP contribution >= 0.6 is 11.5 Å². The number of nitrogens with one attached hydrogen (secondary N) is 1. The van der Waals surface area contributed by atoms with Crippen LogP contribution in [0.25, 0.3) is 0 Å². The van der Waals surface area contributed by atoms with Crippen LogP contribution in [0.1, 0.15) is 42.9 Å². The van der Waals surface area contributed by atoms with Crippen LogP contribution in [0.3, 0.4) is 0 Å². The van der Waals surface area contributed by atoms with E-state index >= 15 is 0 Å². The lowest BCUT2D eigenvalue weighted by atomic mass is 9.88. The second-order valence-corrected chi connectivity index (χ2v) is 6.63. The molecule has 0 radical (unpaired) electrons. The van der Waals surface area contributed by atoms with E-state index in [1.54, 1.807) is 19.2 Å². The first-order valence-electron chi connectivity index (χ1n) is 6.72. The smallest absolute Gasteiger partial charge is 0.132 e. The van der Waals surface area contributed by atoms with Gasteiger partial charge in [0.25, 0.3) is 0 Å². The Kier molecular flexibility index (Phi) is 4.58. The van der Waals surface area contributed by atoms with Gasteiger partial charge in [0.05, 0.1) is 23.7 Å². The van der Waals surface area contributed by atoms with Crippen LogP contribution < -0.4 is 10.1 Å². The monoisotopic (exact) mass is 309 g/mol. The van der Waals surface area contributed by atoms with Crippen LogP contribution in [0.15, 0.2) is 18.2 Å². The average Bonchev–Trinajstić information content (AvgIpc) is 2.90. The molecule has 2 rings (SSSR count). The molecule has 1 unspecified atom stereocenters. The van der Waals surface area contributed by atoms with Gasteiger partial charge in [-0.25, -0.2) is 4.39 Å². The van der Waals surface area contributed by atoms with Crippen molar-refractivity contribution in [2.45, 2.75) is 32.2 Å². The van der Waals surface area contributed by atoms with E-state index in [-0.39, 0.29) is 17.3 Å². The number of rotatable bonds is 4. The van der Waals surface area contributed by atoms with Gasteiger partial charge in [-0.3, -0.25) is 0 Å². The zero-order chi connectivity index (χ0) is 15.6. The van der Waals surface area contributed by atoms with E-state index in [0.29, 0.717) is 11.3 Å². The highest BCUT2D eigenvalue weighted by atomic mass is 32.1. The molecule has 1 aromatic heterocycles. The molecular weight excluding hydrogens is 289 g/mol. The summed E-state index contributed by atoms with van der Waals surface area (Å²) in [5, 5.41) is 7.39. The molecule has 1 atom stereocenters. The van der Waals surface area contributed by atoms with Gasteiger partial charge in [-0.05, 0) is 24.6 Å². The number of ether oxygens (including phenoxy) is 1. The number of aromatic nitrogens is 2. The van der Waals surface area contributed by atoms with Crippen molar-refractivity contribution >= 4 is 11.5 Å². The summed E-state index contributed by atoms with van der Waals surface area (Å²) in [5.74, 6) is 0.200. The summed E-state index contributed by atoms with van der Waals surface area (Å²) in [5.41, 5.74) is 1.32. The molecule has 2 aromatic rings. The van der Waals surface area contributed by atoms with Gasteiger partial charge in [0, 0.05) is 17.0 Å². The van der Waals surface area contributed by atoms with E-state index in [2.05, 4.69) is 35.7 Å². The molecule has 0 aliphatic heterocycles. The fraction of sp³-hybridized carbons (Fsp3) is 0.467. The maximum atomic E-state index is 14.3. The Labute approximate surface area is 128 Å². The molecule has 0 saturated heterocycles. The zero-order valence-electron chi connectivity index (χ0n) is 12.9. The molecular formula is C15H20FN3OS. The molecule has 0 bridgehead atoms. The van der Waals surface area contributed by atoms with Crippen molar-refractivity contribution in [2.24, 2.45) is 0 Å². The van der Waals surface area contributed by atoms with Crippen LogP contribution in [0.2, 0.25) is 0 Å². The molecule has 1 aromatic carbocycles. The third kappa shape index (κ3) is 3.22. The first-order valence-corrected chi connectivity index (χ1v) is 7.49. The molecule has 0 aliphatic carbocycles. The predicted octanol–water partition coefficient (Wildman–Crippen LogP) is 3.29. The topological polar surface area (TPSA) is 47.0 Å². The van der Waals surface area contributed by atoms with Crippen LogP contribution in [0.5, 0.6) is 5.75 Å². The Morgan fingerprint density at radius 3 is 2.57 bits per heavy atom. The first-order chi connectivity index (χ1) is 9.88. The molecule has 21 heavy (non-hydrogen) atoms. The maximum absolute atomic E-state index is 14.3. The molecule has 6 heteroatoms. The van der Waals surface area contributed by atoms with Crippen LogP contribution in [-0.2, 0) is 5.41 Å². The predicted molar refractivity (Wildman–Crippen MR) is 82.5 cm³/mol. The van der Waals surface area contributed by atoms with E-state index < -0.39 is 0 Å². The van der Waals surface area contributed by atoms with Crippen LogP contribution in [-0.4, -0.2) is 23.7 Å². The molecule has 0 amide bonds. The fourth-order valence-electron chi connectivity index (χ4n) is 2.20. The Balaban J connectivity index is 2.48. The van der Waals surface area contributed by atoms with Gasteiger partial charge in [-0.1, -0.05) is 31.3 Å². The normalized spacial score (nSPS) is 13.2. The van der Waals surface area contributed by atoms with Gasteiger partial charge in [0.1, 0.15) is 11.6 Å². The third-order valence-corrected chi connectivity index (χ3v) is 4.08. The van der Waals surface area contributed by atoms with E-state index in [4.69, 9.17) is 4.74 Å². The molecule has 1 heterocycles. The van der Waals surface area contributed by atoms with Crippen molar-refractivity contribution in [1.82, 2.24) is 14.9 Å². The number of methoxy groups -OCH3 is 1. The minimum atomic E-state index is -0.304. The highest BCUT2D eigenvalue weighted by molar-refractivity contribution is 7.05. The molecule has 0 spiro atoms. The number of halogens is 1. The third-order valence-electron chi connectivity index (χ3n) is 3.29. The molecule has 0 fully saturated rings. The Morgan fingerprint density at radius 1 is 1.33 bits per heavy atom. The van der Waals surface area contributed by atoms with Gasteiger partial charge in [-0.2, -0.15) is 0 Å². The lowest BCUT2D eigenvalue weighted by Gasteiger charge is -2.22. The zero-order valence-corrected chi connectivity index (χ0v) is 13.7. The Bertz CT molecular complexity index is 622. The quantitative estimate of drug-likeness (QED) is 0.941. The second kappa shape index (κ2) is 6.07. The summed E-state index contributed by atoms with van der Waals surface area (Å²) in [6.07, 6.45) is 0. The van der Waals surface area contributed by atoms with Crippen molar-refractivity contribution in [3.8, 4) is 5.75 Å². The number of nitrogens with zero attached hydrogens (tertiary/aromatic N) is 2. The number of hydrogen-bond acceptors (Lipinski definition) is 5.